The Morgan fingerprint density at radius 3 is 2.43 bits per heavy atom. The molecule has 0 saturated carbocycles. The van der Waals surface area contributed by atoms with Crippen LogP contribution < -0.4 is 0 Å². The summed E-state index contributed by atoms with van der Waals surface area (Å²) in [6.07, 6.45) is 0.826. The molecule has 2 aromatic rings. The van der Waals surface area contributed by atoms with Crippen LogP contribution in [-0.4, -0.2) is 35.1 Å². The lowest BCUT2D eigenvalue weighted by atomic mass is 10.0. The van der Waals surface area contributed by atoms with Crippen molar-refractivity contribution in [3.05, 3.63) is 59.7 Å². The minimum absolute atomic E-state index is 0.00929. The first-order valence-electron chi connectivity index (χ1n) is 7.57. The smallest absolute Gasteiger partial charge is 0.256 e. The highest BCUT2D eigenvalue weighted by Gasteiger charge is 2.25. The minimum atomic E-state index is -0.614. The number of carbonyl (C=O) groups is 1. The van der Waals surface area contributed by atoms with Crippen LogP contribution >= 0.6 is 0 Å². The fraction of sp³-hybridized carbons (Fsp3) is 0.278. The van der Waals surface area contributed by atoms with Gasteiger partial charge in [0.1, 0.15) is 11.6 Å². The molecule has 2 aromatic carbocycles. The number of β-amino-alcohol motifs (C(OH)–C–C–N with tert-alkyl or cyclic N) is 1. The summed E-state index contributed by atoms with van der Waals surface area (Å²) in [7, 11) is 0. The summed E-state index contributed by atoms with van der Waals surface area (Å²) in [6.45, 7) is 0.757. The third-order valence-electron chi connectivity index (χ3n) is 4.06. The van der Waals surface area contributed by atoms with Gasteiger partial charge in [-0.05, 0) is 48.2 Å². The van der Waals surface area contributed by atoms with Gasteiger partial charge in [0.05, 0.1) is 11.7 Å². The molecule has 1 aliphatic rings. The second-order valence-corrected chi connectivity index (χ2v) is 5.75. The number of piperidine rings is 1. The Morgan fingerprint density at radius 2 is 1.78 bits per heavy atom. The summed E-state index contributed by atoms with van der Waals surface area (Å²) in [5.74, 6) is -1.38. The molecule has 1 saturated heterocycles. The van der Waals surface area contributed by atoms with Crippen molar-refractivity contribution in [1.29, 1.82) is 0 Å². The van der Waals surface area contributed by atoms with E-state index in [-0.39, 0.29) is 17.9 Å². The van der Waals surface area contributed by atoms with E-state index < -0.39 is 17.8 Å². The average Bonchev–Trinajstić information content (AvgIpc) is 2.55. The Bertz CT molecular complexity index is 715. The van der Waals surface area contributed by atoms with Crippen LogP contribution in [0.25, 0.3) is 11.1 Å². The predicted octanol–water partition coefficient (Wildman–Crippen LogP) is 3.23. The molecule has 23 heavy (non-hydrogen) atoms. The lowest BCUT2D eigenvalue weighted by Gasteiger charge is -2.30. The van der Waals surface area contributed by atoms with Gasteiger partial charge in [-0.2, -0.15) is 0 Å². The zero-order valence-corrected chi connectivity index (χ0v) is 12.5. The largest absolute Gasteiger partial charge is 0.391 e. The van der Waals surface area contributed by atoms with Crippen LogP contribution in [-0.2, 0) is 0 Å². The molecule has 0 radical (unpaired) electrons. The van der Waals surface area contributed by atoms with Gasteiger partial charge in [0, 0.05) is 13.1 Å². The topological polar surface area (TPSA) is 40.5 Å². The van der Waals surface area contributed by atoms with E-state index in [2.05, 4.69) is 0 Å². The van der Waals surface area contributed by atoms with Crippen molar-refractivity contribution in [1.82, 2.24) is 4.90 Å². The minimum Gasteiger partial charge on any atom is -0.391 e. The van der Waals surface area contributed by atoms with E-state index in [0.29, 0.717) is 30.5 Å². The van der Waals surface area contributed by atoms with Crippen molar-refractivity contribution in [3.8, 4) is 11.1 Å². The van der Waals surface area contributed by atoms with Gasteiger partial charge in [0.15, 0.2) is 0 Å². The van der Waals surface area contributed by atoms with Gasteiger partial charge in [0.2, 0.25) is 0 Å². The third kappa shape index (κ3) is 3.40. The summed E-state index contributed by atoms with van der Waals surface area (Å²) in [6, 6.07) is 10.1. The maximum Gasteiger partial charge on any atom is 0.256 e. The van der Waals surface area contributed by atoms with Gasteiger partial charge in [-0.3, -0.25) is 4.79 Å². The van der Waals surface area contributed by atoms with E-state index in [1.165, 1.54) is 29.2 Å². The van der Waals surface area contributed by atoms with Crippen LogP contribution in [0.2, 0.25) is 0 Å². The first kappa shape index (κ1) is 15.6. The molecule has 1 amide bonds. The molecule has 1 N–H and O–H groups in total. The van der Waals surface area contributed by atoms with Crippen molar-refractivity contribution in [3.63, 3.8) is 0 Å². The van der Waals surface area contributed by atoms with E-state index in [4.69, 9.17) is 0 Å². The maximum absolute atomic E-state index is 14.3. The Labute approximate surface area is 133 Å². The van der Waals surface area contributed by atoms with Crippen molar-refractivity contribution >= 4 is 5.91 Å². The highest BCUT2D eigenvalue weighted by Crippen LogP contribution is 2.24. The molecule has 0 aliphatic carbocycles. The van der Waals surface area contributed by atoms with Crippen LogP contribution in [0.15, 0.2) is 42.5 Å². The molecule has 1 fully saturated rings. The highest BCUT2D eigenvalue weighted by atomic mass is 19.1. The fourth-order valence-electron chi connectivity index (χ4n) is 2.82. The van der Waals surface area contributed by atoms with E-state index in [1.807, 2.05) is 0 Å². The van der Waals surface area contributed by atoms with E-state index in [9.17, 15) is 18.7 Å². The molecule has 0 spiro atoms. The van der Waals surface area contributed by atoms with Crippen LogP contribution in [0.5, 0.6) is 0 Å². The Kier molecular flexibility index (Phi) is 4.39. The SMILES string of the molecule is O=C(c1ccc(-c2ccc(F)cc2)cc1F)N1CCCC(O)C1. The van der Waals surface area contributed by atoms with Crippen LogP contribution in [0.1, 0.15) is 23.2 Å². The monoisotopic (exact) mass is 317 g/mol. The molecular weight excluding hydrogens is 300 g/mol. The van der Waals surface area contributed by atoms with Crippen molar-refractivity contribution in [2.75, 3.05) is 13.1 Å². The van der Waals surface area contributed by atoms with Gasteiger partial charge < -0.3 is 10.0 Å². The number of amides is 1. The number of aliphatic hydroxyl groups excluding tert-OH is 1. The Morgan fingerprint density at radius 1 is 1.09 bits per heavy atom. The zero-order valence-electron chi connectivity index (χ0n) is 12.5. The number of nitrogens with zero attached hydrogens (tertiary/aromatic N) is 1. The van der Waals surface area contributed by atoms with Crippen molar-refractivity contribution < 1.29 is 18.7 Å². The Hall–Kier alpha value is -2.27. The number of carbonyl (C=O) groups excluding carboxylic acids is 1. The molecule has 3 nitrogen and oxygen atoms in total. The molecule has 5 heteroatoms. The fourth-order valence-corrected chi connectivity index (χ4v) is 2.82. The second-order valence-electron chi connectivity index (χ2n) is 5.75. The van der Waals surface area contributed by atoms with E-state index in [1.54, 1.807) is 18.2 Å². The maximum atomic E-state index is 14.3. The lowest BCUT2D eigenvalue weighted by Crippen LogP contribution is -2.42. The number of hydrogen-bond acceptors (Lipinski definition) is 2. The summed E-state index contributed by atoms with van der Waals surface area (Å²) in [5, 5.41) is 9.64. The van der Waals surface area contributed by atoms with Crippen LogP contribution in [0, 0.1) is 11.6 Å². The Balaban J connectivity index is 1.84. The van der Waals surface area contributed by atoms with E-state index >= 15 is 0 Å². The average molecular weight is 317 g/mol. The van der Waals surface area contributed by atoms with Crippen LogP contribution in [0.3, 0.4) is 0 Å². The highest BCUT2D eigenvalue weighted by molar-refractivity contribution is 5.95. The van der Waals surface area contributed by atoms with Crippen molar-refractivity contribution in [2.24, 2.45) is 0 Å². The number of benzene rings is 2. The number of aliphatic hydroxyl groups is 1. The van der Waals surface area contributed by atoms with Gasteiger partial charge in [-0.15, -0.1) is 0 Å². The quantitative estimate of drug-likeness (QED) is 0.924. The summed E-state index contributed by atoms with van der Waals surface area (Å²) in [4.78, 5) is 13.9. The molecule has 1 heterocycles. The summed E-state index contributed by atoms with van der Waals surface area (Å²) in [5.41, 5.74) is 1.25. The second kappa shape index (κ2) is 6.46. The molecule has 1 aliphatic heterocycles. The van der Waals surface area contributed by atoms with E-state index in [0.717, 1.165) is 0 Å². The first-order valence-corrected chi connectivity index (χ1v) is 7.57. The summed E-state index contributed by atoms with van der Waals surface area (Å²) >= 11 is 0. The summed E-state index contributed by atoms with van der Waals surface area (Å²) < 4.78 is 27.3. The van der Waals surface area contributed by atoms with Gasteiger partial charge in [-0.25, -0.2) is 8.78 Å². The van der Waals surface area contributed by atoms with Gasteiger partial charge >= 0.3 is 0 Å². The third-order valence-corrected chi connectivity index (χ3v) is 4.06. The normalized spacial score (nSPS) is 18.0. The molecule has 0 bridgehead atoms. The standard InChI is InChI=1S/C18H17F2NO2/c19-14-6-3-12(4-7-14)13-5-8-16(17(20)10-13)18(23)21-9-1-2-15(22)11-21/h3-8,10,15,22H,1-2,9,11H2. The molecule has 0 aromatic heterocycles. The lowest BCUT2D eigenvalue weighted by molar-refractivity contribution is 0.0470. The number of likely N-dealkylation sites (tertiary alicyclic amines) is 1. The molecule has 1 atom stereocenters. The molecular formula is C18H17F2NO2. The van der Waals surface area contributed by atoms with Crippen molar-refractivity contribution in [2.45, 2.75) is 18.9 Å². The first-order chi connectivity index (χ1) is 11.0. The van der Waals surface area contributed by atoms with Gasteiger partial charge in [0.25, 0.3) is 5.91 Å². The zero-order chi connectivity index (χ0) is 16.4. The predicted molar refractivity (Wildman–Crippen MR) is 82.9 cm³/mol. The molecule has 3 rings (SSSR count). The number of halogens is 2. The van der Waals surface area contributed by atoms with Crippen LogP contribution in [0.4, 0.5) is 8.78 Å². The molecule has 1 unspecified atom stereocenters. The number of hydrogen-bond donors (Lipinski definition) is 1. The van der Waals surface area contributed by atoms with Gasteiger partial charge in [-0.1, -0.05) is 18.2 Å². The number of rotatable bonds is 2. The molecule has 120 valence electrons.